The SMILES string of the molecule is CCOc1ccccc1Cn1c([N+](=O)[O-])nc2c(=O)n(C)c(=O)n(C)c21. The number of hydrogen-bond donors (Lipinski definition) is 0. The summed E-state index contributed by atoms with van der Waals surface area (Å²) < 4.78 is 8.86. The van der Waals surface area contributed by atoms with E-state index in [1.807, 2.05) is 6.92 Å². The summed E-state index contributed by atoms with van der Waals surface area (Å²) in [6, 6.07) is 7.09. The van der Waals surface area contributed by atoms with Crippen LogP contribution in [0.15, 0.2) is 33.9 Å². The molecule has 136 valence electrons. The van der Waals surface area contributed by atoms with E-state index >= 15 is 0 Å². The highest BCUT2D eigenvalue weighted by molar-refractivity contribution is 5.73. The molecule has 0 amide bonds. The predicted molar refractivity (Wildman–Crippen MR) is 93.6 cm³/mol. The van der Waals surface area contributed by atoms with Gasteiger partial charge in [-0.05, 0) is 17.9 Å². The fourth-order valence-electron chi connectivity index (χ4n) is 2.86. The summed E-state index contributed by atoms with van der Waals surface area (Å²) in [5.74, 6) is 0.0598. The first kappa shape index (κ1) is 17.4. The van der Waals surface area contributed by atoms with Gasteiger partial charge in [0.1, 0.15) is 12.3 Å². The number of para-hydroxylation sites is 1. The Bertz CT molecular complexity index is 1120. The smallest absolute Gasteiger partial charge is 0.437 e. The third-order valence-corrected chi connectivity index (χ3v) is 4.08. The summed E-state index contributed by atoms with van der Waals surface area (Å²) in [5.41, 5.74) is -0.629. The van der Waals surface area contributed by atoms with Gasteiger partial charge in [-0.25, -0.2) is 9.36 Å². The molecule has 0 saturated carbocycles. The molecule has 2 heterocycles. The van der Waals surface area contributed by atoms with Crippen LogP contribution >= 0.6 is 0 Å². The third-order valence-electron chi connectivity index (χ3n) is 4.08. The van der Waals surface area contributed by atoms with Crippen molar-refractivity contribution in [2.45, 2.75) is 13.5 Å². The first-order valence-electron chi connectivity index (χ1n) is 7.88. The average molecular weight is 359 g/mol. The second kappa shape index (κ2) is 6.47. The van der Waals surface area contributed by atoms with E-state index in [0.717, 1.165) is 4.57 Å². The van der Waals surface area contributed by atoms with Crippen LogP contribution in [-0.4, -0.2) is 30.2 Å². The molecule has 3 rings (SSSR count). The third kappa shape index (κ3) is 2.65. The van der Waals surface area contributed by atoms with E-state index in [1.54, 1.807) is 24.3 Å². The fourth-order valence-corrected chi connectivity index (χ4v) is 2.86. The van der Waals surface area contributed by atoms with Gasteiger partial charge in [-0.2, -0.15) is 0 Å². The van der Waals surface area contributed by atoms with Crippen LogP contribution in [0.5, 0.6) is 5.75 Å². The molecule has 0 fully saturated rings. The quantitative estimate of drug-likeness (QED) is 0.491. The second-order valence-corrected chi connectivity index (χ2v) is 5.67. The highest BCUT2D eigenvalue weighted by atomic mass is 16.6. The van der Waals surface area contributed by atoms with E-state index in [-0.39, 0.29) is 17.7 Å². The van der Waals surface area contributed by atoms with Crippen molar-refractivity contribution < 1.29 is 9.66 Å². The molecule has 26 heavy (non-hydrogen) atoms. The molecule has 0 spiro atoms. The number of ether oxygens (including phenoxy) is 1. The monoisotopic (exact) mass is 359 g/mol. The lowest BCUT2D eigenvalue weighted by Gasteiger charge is -2.10. The van der Waals surface area contributed by atoms with Crippen LogP contribution in [0.1, 0.15) is 12.5 Å². The zero-order valence-electron chi connectivity index (χ0n) is 14.5. The Morgan fingerprint density at radius 3 is 2.54 bits per heavy atom. The van der Waals surface area contributed by atoms with Crippen molar-refractivity contribution in [3.05, 3.63) is 60.8 Å². The fraction of sp³-hybridized carbons (Fsp3) is 0.312. The molecule has 10 nitrogen and oxygen atoms in total. The Labute approximate surface area is 147 Å². The van der Waals surface area contributed by atoms with E-state index in [4.69, 9.17) is 4.74 Å². The van der Waals surface area contributed by atoms with Crippen LogP contribution in [0.2, 0.25) is 0 Å². The molecule has 3 aromatic rings. The number of aryl methyl sites for hydroxylation is 1. The van der Waals surface area contributed by atoms with Gasteiger partial charge in [-0.1, -0.05) is 23.2 Å². The molecule has 10 heteroatoms. The van der Waals surface area contributed by atoms with Gasteiger partial charge < -0.3 is 14.9 Å². The molecule has 0 radical (unpaired) electrons. The Balaban J connectivity index is 2.32. The highest BCUT2D eigenvalue weighted by Crippen LogP contribution is 2.24. The Morgan fingerprint density at radius 1 is 1.19 bits per heavy atom. The minimum Gasteiger partial charge on any atom is -0.493 e. The number of hydrogen-bond acceptors (Lipinski definition) is 6. The van der Waals surface area contributed by atoms with Gasteiger partial charge in [-0.3, -0.25) is 13.9 Å². The topological polar surface area (TPSA) is 114 Å². The Hall–Kier alpha value is -3.43. The molecule has 0 atom stereocenters. The van der Waals surface area contributed by atoms with Crippen molar-refractivity contribution in [3.63, 3.8) is 0 Å². The number of aromatic nitrogens is 4. The van der Waals surface area contributed by atoms with E-state index in [0.29, 0.717) is 17.9 Å². The maximum Gasteiger partial charge on any atom is 0.437 e. The Kier molecular flexibility index (Phi) is 4.33. The summed E-state index contributed by atoms with van der Waals surface area (Å²) in [6.07, 6.45) is 0. The van der Waals surface area contributed by atoms with Crippen LogP contribution in [0.4, 0.5) is 5.95 Å². The minimum absolute atomic E-state index is 0.0312. The minimum atomic E-state index is -0.678. The molecule has 0 aliphatic carbocycles. The van der Waals surface area contributed by atoms with E-state index in [1.165, 1.54) is 23.2 Å². The highest BCUT2D eigenvalue weighted by Gasteiger charge is 2.28. The van der Waals surface area contributed by atoms with Crippen LogP contribution in [0.25, 0.3) is 11.2 Å². The van der Waals surface area contributed by atoms with Crippen molar-refractivity contribution in [1.29, 1.82) is 0 Å². The first-order chi connectivity index (χ1) is 12.4. The number of fused-ring (bicyclic) bond motifs is 1. The van der Waals surface area contributed by atoms with Crippen LogP contribution in [0, 0.1) is 10.1 Å². The van der Waals surface area contributed by atoms with Crippen molar-refractivity contribution in [1.82, 2.24) is 18.7 Å². The average Bonchev–Trinajstić information content (AvgIpc) is 3.00. The molecule has 0 unspecified atom stereocenters. The predicted octanol–water partition coefficient (Wildman–Crippen LogP) is 0.789. The molecule has 2 aromatic heterocycles. The van der Waals surface area contributed by atoms with Crippen molar-refractivity contribution >= 4 is 17.1 Å². The van der Waals surface area contributed by atoms with Crippen LogP contribution < -0.4 is 16.0 Å². The molecule has 1 aromatic carbocycles. The van der Waals surface area contributed by atoms with Gasteiger partial charge in [-0.15, -0.1) is 0 Å². The molecule has 0 saturated heterocycles. The van der Waals surface area contributed by atoms with Gasteiger partial charge in [0.15, 0.2) is 0 Å². The van der Waals surface area contributed by atoms with Crippen LogP contribution in [-0.2, 0) is 20.6 Å². The number of imidazole rings is 1. The van der Waals surface area contributed by atoms with E-state index in [2.05, 4.69) is 4.98 Å². The maximum absolute atomic E-state index is 12.3. The summed E-state index contributed by atoms with van der Waals surface area (Å²) >= 11 is 0. The second-order valence-electron chi connectivity index (χ2n) is 5.67. The Morgan fingerprint density at radius 2 is 1.88 bits per heavy atom. The number of rotatable bonds is 5. The van der Waals surface area contributed by atoms with Crippen molar-refractivity contribution in [3.8, 4) is 5.75 Å². The maximum atomic E-state index is 12.3. The summed E-state index contributed by atoms with van der Waals surface area (Å²) in [6.45, 7) is 2.30. The molecule has 0 N–H and O–H groups in total. The lowest BCUT2D eigenvalue weighted by molar-refractivity contribution is -0.396. The van der Waals surface area contributed by atoms with Crippen molar-refractivity contribution in [2.24, 2.45) is 14.1 Å². The lowest BCUT2D eigenvalue weighted by atomic mass is 10.2. The number of nitrogens with zero attached hydrogens (tertiary/aromatic N) is 5. The lowest BCUT2D eigenvalue weighted by Crippen LogP contribution is -2.37. The van der Waals surface area contributed by atoms with Crippen molar-refractivity contribution in [2.75, 3.05) is 6.61 Å². The molecule has 0 aliphatic heterocycles. The van der Waals surface area contributed by atoms with Gasteiger partial charge in [0.25, 0.3) is 5.52 Å². The summed E-state index contributed by atoms with van der Waals surface area (Å²) in [5, 5.41) is 11.5. The van der Waals surface area contributed by atoms with E-state index in [9.17, 15) is 19.7 Å². The molecule has 0 aliphatic rings. The normalized spacial score (nSPS) is 11.0. The standard InChI is InChI=1S/C16H17N5O5/c1-4-26-11-8-6-5-7-10(11)9-20-13-12(17-15(20)21(24)25)14(22)19(3)16(23)18(13)2/h5-8H,4,9H2,1-3H3. The van der Waals surface area contributed by atoms with Gasteiger partial charge in [0.05, 0.1) is 6.61 Å². The van der Waals surface area contributed by atoms with Gasteiger partial charge in [0.2, 0.25) is 5.65 Å². The van der Waals surface area contributed by atoms with Gasteiger partial charge in [0, 0.05) is 19.7 Å². The first-order valence-corrected chi connectivity index (χ1v) is 7.88. The van der Waals surface area contributed by atoms with Gasteiger partial charge >= 0.3 is 17.2 Å². The molecule has 0 bridgehead atoms. The largest absolute Gasteiger partial charge is 0.493 e. The molecular weight excluding hydrogens is 342 g/mol. The summed E-state index contributed by atoms with van der Waals surface area (Å²) in [7, 11) is 2.75. The van der Waals surface area contributed by atoms with Crippen LogP contribution in [0.3, 0.4) is 0 Å². The zero-order valence-corrected chi connectivity index (χ0v) is 14.5. The molecular formula is C16H17N5O5. The zero-order chi connectivity index (χ0) is 19.0. The number of nitro groups is 1. The van der Waals surface area contributed by atoms with E-state index < -0.39 is 22.1 Å². The number of benzene rings is 1. The summed E-state index contributed by atoms with van der Waals surface area (Å²) in [4.78, 5) is 39.3.